The van der Waals surface area contributed by atoms with Crippen LogP contribution in [-0.2, 0) is 21.4 Å². The van der Waals surface area contributed by atoms with Gasteiger partial charge in [0.15, 0.2) is 0 Å². The summed E-state index contributed by atoms with van der Waals surface area (Å²) in [4.78, 5) is 12.1. The number of hydrogen-bond acceptors (Lipinski definition) is 3. The molecule has 1 fully saturated rings. The molecule has 2 rings (SSSR count). The largest absolute Gasteiger partial charge is 0.351 e. The van der Waals surface area contributed by atoms with Gasteiger partial charge in [0.1, 0.15) is 6.04 Å². The SMILES string of the molecule is CS(=O)(=O)N1CCCC1C(=O)NCc1cccc(Br)c1. The molecule has 1 aliphatic heterocycles. The van der Waals surface area contributed by atoms with E-state index in [9.17, 15) is 13.2 Å². The Hall–Kier alpha value is -0.920. The molecule has 0 radical (unpaired) electrons. The van der Waals surface area contributed by atoms with Crippen molar-refractivity contribution in [1.82, 2.24) is 9.62 Å². The molecule has 1 saturated heterocycles. The van der Waals surface area contributed by atoms with Crippen LogP contribution in [0.2, 0.25) is 0 Å². The highest BCUT2D eigenvalue weighted by atomic mass is 79.9. The third-order valence-corrected chi connectivity index (χ3v) is 5.07. The van der Waals surface area contributed by atoms with Crippen molar-refractivity contribution in [2.24, 2.45) is 0 Å². The minimum absolute atomic E-state index is 0.229. The molecule has 0 aromatic heterocycles. The van der Waals surface area contributed by atoms with Crippen LogP contribution in [-0.4, -0.2) is 37.5 Å². The molecule has 1 unspecified atom stereocenters. The molecular weight excluding hydrogens is 344 g/mol. The fourth-order valence-corrected chi connectivity index (χ4v) is 3.92. The second-order valence-electron chi connectivity index (χ2n) is 4.88. The molecule has 20 heavy (non-hydrogen) atoms. The standard InChI is InChI=1S/C13H17BrN2O3S/c1-20(18,19)16-7-3-6-12(16)13(17)15-9-10-4-2-5-11(14)8-10/h2,4-5,8,12H,3,6-7,9H2,1H3,(H,15,17). The number of rotatable bonds is 4. The molecule has 5 nitrogen and oxygen atoms in total. The minimum atomic E-state index is -3.32. The van der Waals surface area contributed by atoms with E-state index < -0.39 is 16.1 Å². The van der Waals surface area contributed by atoms with Gasteiger partial charge in [-0.2, -0.15) is 4.31 Å². The predicted molar refractivity (Wildman–Crippen MR) is 80.6 cm³/mol. The Morgan fingerprint density at radius 1 is 1.50 bits per heavy atom. The molecule has 7 heteroatoms. The second-order valence-corrected chi connectivity index (χ2v) is 7.73. The smallest absolute Gasteiger partial charge is 0.238 e. The molecule has 1 aliphatic rings. The molecule has 1 aromatic carbocycles. The number of sulfonamides is 1. The van der Waals surface area contributed by atoms with Crippen molar-refractivity contribution in [3.05, 3.63) is 34.3 Å². The van der Waals surface area contributed by atoms with Crippen LogP contribution in [0.5, 0.6) is 0 Å². The van der Waals surface area contributed by atoms with Gasteiger partial charge in [0, 0.05) is 17.6 Å². The maximum Gasteiger partial charge on any atom is 0.238 e. The number of amides is 1. The van der Waals surface area contributed by atoms with E-state index in [2.05, 4.69) is 21.2 Å². The molecule has 1 aromatic rings. The number of halogens is 1. The van der Waals surface area contributed by atoms with E-state index in [0.717, 1.165) is 22.7 Å². The lowest BCUT2D eigenvalue weighted by molar-refractivity contribution is -0.124. The fraction of sp³-hybridized carbons (Fsp3) is 0.462. The zero-order chi connectivity index (χ0) is 14.8. The van der Waals surface area contributed by atoms with Gasteiger partial charge in [-0.05, 0) is 30.5 Å². The highest BCUT2D eigenvalue weighted by molar-refractivity contribution is 9.10. The molecular formula is C13H17BrN2O3S. The zero-order valence-electron chi connectivity index (χ0n) is 11.2. The first kappa shape index (κ1) is 15.5. The number of nitrogens with zero attached hydrogens (tertiary/aromatic N) is 1. The van der Waals surface area contributed by atoms with Gasteiger partial charge in [-0.25, -0.2) is 8.42 Å². The number of benzene rings is 1. The Labute approximate surface area is 127 Å². The van der Waals surface area contributed by atoms with Gasteiger partial charge in [-0.1, -0.05) is 28.1 Å². The van der Waals surface area contributed by atoms with Gasteiger partial charge >= 0.3 is 0 Å². The zero-order valence-corrected chi connectivity index (χ0v) is 13.6. The van der Waals surface area contributed by atoms with Crippen molar-refractivity contribution in [3.63, 3.8) is 0 Å². The summed E-state index contributed by atoms with van der Waals surface area (Å²) in [5.41, 5.74) is 0.969. The Morgan fingerprint density at radius 2 is 2.25 bits per heavy atom. The highest BCUT2D eigenvalue weighted by Crippen LogP contribution is 2.20. The number of nitrogens with one attached hydrogen (secondary N) is 1. The van der Waals surface area contributed by atoms with Gasteiger partial charge in [0.2, 0.25) is 15.9 Å². The van der Waals surface area contributed by atoms with Gasteiger partial charge in [0.25, 0.3) is 0 Å². The van der Waals surface area contributed by atoms with Crippen molar-refractivity contribution < 1.29 is 13.2 Å². The summed E-state index contributed by atoms with van der Waals surface area (Å²) in [5, 5.41) is 2.80. The van der Waals surface area contributed by atoms with Crippen LogP contribution < -0.4 is 5.32 Å². The van der Waals surface area contributed by atoms with E-state index in [1.54, 1.807) is 0 Å². The summed E-state index contributed by atoms with van der Waals surface area (Å²) < 4.78 is 25.4. The molecule has 110 valence electrons. The third kappa shape index (κ3) is 3.80. The van der Waals surface area contributed by atoms with Gasteiger partial charge in [-0.15, -0.1) is 0 Å². The first-order valence-corrected chi connectivity index (χ1v) is 9.01. The minimum Gasteiger partial charge on any atom is -0.351 e. The van der Waals surface area contributed by atoms with Crippen molar-refractivity contribution in [2.75, 3.05) is 12.8 Å². The lowest BCUT2D eigenvalue weighted by atomic mass is 10.2. The van der Waals surface area contributed by atoms with Gasteiger partial charge in [0.05, 0.1) is 6.26 Å². The summed E-state index contributed by atoms with van der Waals surface area (Å²) in [5.74, 6) is -0.229. The Morgan fingerprint density at radius 3 is 2.90 bits per heavy atom. The molecule has 0 spiro atoms. The van der Waals surface area contributed by atoms with E-state index >= 15 is 0 Å². The van der Waals surface area contributed by atoms with Crippen molar-refractivity contribution >= 4 is 31.9 Å². The Bertz CT molecular complexity index is 603. The average Bonchev–Trinajstić information content (AvgIpc) is 2.85. The quantitative estimate of drug-likeness (QED) is 0.884. The van der Waals surface area contributed by atoms with Crippen LogP contribution in [0.3, 0.4) is 0 Å². The third-order valence-electron chi connectivity index (χ3n) is 3.29. The Balaban J connectivity index is 1.98. The van der Waals surface area contributed by atoms with Crippen LogP contribution >= 0.6 is 15.9 Å². The first-order chi connectivity index (χ1) is 9.38. The van der Waals surface area contributed by atoms with E-state index in [1.807, 2.05) is 24.3 Å². The summed E-state index contributed by atoms with van der Waals surface area (Å²) in [6, 6.07) is 7.06. The summed E-state index contributed by atoms with van der Waals surface area (Å²) >= 11 is 3.37. The maximum absolute atomic E-state index is 12.1. The lowest BCUT2D eigenvalue weighted by Gasteiger charge is -2.21. The van der Waals surface area contributed by atoms with Gasteiger partial charge in [-0.3, -0.25) is 4.79 Å². The van der Waals surface area contributed by atoms with Crippen molar-refractivity contribution in [2.45, 2.75) is 25.4 Å². The topological polar surface area (TPSA) is 66.5 Å². The molecule has 0 saturated carbocycles. The van der Waals surface area contributed by atoms with Crippen molar-refractivity contribution in [3.8, 4) is 0 Å². The van der Waals surface area contributed by atoms with E-state index in [-0.39, 0.29) is 5.91 Å². The van der Waals surface area contributed by atoms with Crippen LogP contribution in [0.15, 0.2) is 28.7 Å². The summed E-state index contributed by atoms with van der Waals surface area (Å²) in [7, 11) is -3.32. The molecule has 0 aliphatic carbocycles. The first-order valence-electron chi connectivity index (χ1n) is 6.37. The number of carbonyl (C=O) groups is 1. The van der Waals surface area contributed by atoms with Crippen LogP contribution in [0.1, 0.15) is 18.4 Å². The molecule has 1 atom stereocenters. The molecule has 1 N–H and O–H groups in total. The second kappa shape index (κ2) is 6.24. The lowest BCUT2D eigenvalue weighted by Crippen LogP contribution is -2.45. The molecule has 1 amide bonds. The predicted octanol–water partition coefficient (Wildman–Crippen LogP) is 1.49. The molecule has 1 heterocycles. The van der Waals surface area contributed by atoms with E-state index in [0.29, 0.717) is 19.5 Å². The summed E-state index contributed by atoms with van der Waals surface area (Å²) in [6.45, 7) is 0.820. The van der Waals surface area contributed by atoms with E-state index in [1.165, 1.54) is 4.31 Å². The fourth-order valence-electron chi connectivity index (χ4n) is 2.35. The van der Waals surface area contributed by atoms with Crippen LogP contribution in [0, 0.1) is 0 Å². The van der Waals surface area contributed by atoms with Gasteiger partial charge < -0.3 is 5.32 Å². The van der Waals surface area contributed by atoms with E-state index in [4.69, 9.17) is 0 Å². The van der Waals surface area contributed by atoms with Crippen molar-refractivity contribution in [1.29, 1.82) is 0 Å². The maximum atomic E-state index is 12.1. The normalized spacial score (nSPS) is 20.0. The average molecular weight is 361 g/mol. The Kier molecular flexibility index (Phi) is 4.82. The number of carbonyl (C=O) groups excluding carboxylic acids is 1. The van der Waals surface area contributed by atoms with Crippen LogP contribution in [0.4, 0.5) is 0 Å². The highest BCUT2D eigenvalue weighted by Gasteiger charge is 2.36. The monoisotopic (exact) mass is 360 g/mol. The molecule has 0 bridgehead atoms. The summed E-state index contributed by atoms with van der Waals surface area (Å²) in [6.07, 6.45) is 2.45. The number of hydrogen-bond donors (Lipinski definition) is 1. The van der Waals surface area contributed by atoms with Crippen LogP contribution in [0.25, 0.3) is 0 Å².